The third-order valence-electron chi connectivity index (χ3n) is 6.63. The van der Waals surface area contributed by atoms with Crippen LogP contribution in [0, 0.1) is 23.2 Å². The Morgan fingerprint density at radius 2 is 1.94 bits per heavy atom. The molecule has 4 rings (SSSR count). The summed E-state index contributed by atoms with van der Waals surface area (Å²) in [5.74, 6) is 2.29. The Morgan fingerprint density at radius 3 is 2.78 bits per heavy atom. The summed E-state index contributed by atoms with van der Waals surface area (Å²) >= 11 is 0. The number of carbonyl (C=O) groups is 1. The minimum atomic E-state index is -0.0410. The quantitative estimate of drug-likeness (QED) is 0.612. The Hall–Kier alpha value is -0.790. The van der Waals surface area contributed by atoms with Crippen LogP contribution in [0.5, 0.6) is 0 Å². The molecule has 0 radical (unpaired) electrons. The molecule has 3 aliphatic carbocycles. The zero-order valence-electron chi connectivity index (χ0n) is 11.4. The minimum absolute atomic E-state index is 0.0410. The second-order valence-electron chi connectivity index (χ2n) is 7.03. The van der Waals surface area contributed by atoms with E-state index in [1.165, 1.54) is 37.7 Å². The lowest BCUT2D eigenvalue weighted by Crippen LogP contribution is -2.47. The fraction of sp³-hybridized carbons (Fsp3) is 0.812. The van der Waals surface area contributed by atoms with Crippen molar-refractivity contribution in [3.05, 3.63) is 11.1 Å². The monoisotopic (exact) mass is 246 g/mol. The van der Waals surface area contributed by atoms with Gasteiger partial charge >= 0.3 is 5.97 Å². The molecular weight excluding hydrogens is 224 g/mol. The van der Waals surface area contributed by atoms with Gasteiger partial charge in [-0.2, -0.15) is 0 Å². The molecule has 0 aromatic rings. The van der Waals surface area contributed by atoms with Crippen LogP contribution in [0.25, 0.3) is 0 Å². The van der Waals surface area contributed by atoms with Crippen LogP contribution in [0.1, 0.15) is 52.4 Å². The molecule has 5 unspecified atom stereocenters. The van der Waals surface area contributed by atoms with Gasteiger partial charge < -0.3 is 4.74 Å². The summed E-state index contributed by atoms with van der Waals surface area (Å²) < 4.78 is 5.61. The summed E-state index contributed by atoms with van der Waals surface area (Å²) in [5, 5.41) is 0. The first-order chi connectivity index (χ1) is 8.62. The first kappa shape index (κ1) is 11.1. The fourth-order valence-corrected chi connectivity index (χ4v) is 5.69. The molecule has 3 saturated carbocycles. The number of esters is 1. The van der Waals surface area contributed by atoms with E-state index in [0.29, 0.717) is 11.3 Å². The van der Waals surface area contributed by atoms with Crippen LogP contribution in [-0.2, 0) is 9.53 Å². The molecule has 98 valence electrons. The normalized spacial score (nSPS) is 50.0. The van der Waals surface area contributed by atoms with Crippen molar-refractivity contribution in [3.8, 4) is 0 Å². The van der Waals surface area contributed by atoms with Crippen LogP contribution in [-0.4, -0.2) is 12.1 Å². The number of rotatable bonds is 0. The summed E-state index contributed by atoms with van der Waals surface area (Å²) in [7, 11) is 0. The second-order valence-corrected chi connectivity index (χ2v) is 7.03. The van der Waals surface area contributed by atoms with E-state index in [9.17, 15) is 4.79 Å². The van der Waals surface area contributed by atoms with Gasteiger partial charge in [-0.25, -0.2) is 4.79 Å². The average Bonchev–Trinajstić information content (AvgIpc) is 2.81. The minimum Gasteiger partial charge on any atom is -0.454 e. The van der Waals surface area contributed by atoms with Crippen molar-refractivity contribution in [2.75, 3.05) is 0 Å². The lowest BCUT2D eigenvalue weighted by atomic mass is 9.53. The number of hydrogen-bond donors (Lipinski definition) is 0. The van der Waals surface area contributed by atoms with Gasteiger partial charge in [-0.1, -0.05) is 13.3 Å². The van der Waals surface area contributed by atoms with Gasteiger partial charge in [-0.05, 0) is 67.8 Å². The van der Waals surface area contributed by atoms with Gasteiger partial charge in [0.15, 0.2) is 0 Å². The predicted molar refractivity (Wildman–Crippen MR) is 68.9 cm³/mol. The highest BCUT2D eigenvalue weighted by atomic mass is 16.5. The van der Waals surface area contributed by atoms with E-state index in [-0.39, 0.29) is 12.1 Å². The average molecular weight is 246 g/mol. The molecule has 0 saturated heterocycles. The van der Waals surface area contributed by atoms with Gasteiger partial charge in [0.2, 0.25) is 0 Å². The zero-order chi connectivity index (χ0) is 12.5. The zero-order valence-corrected chi connectivity index (χ0v) is 11.4. The Bertz CT molecular complexity index is 450. The summed E-state index contributed by atoms with van der Waals surface area (Å²) in [6.45, 7) is 4.50. The summed E-state index contributed by atoms with van der Waals surface area (Å²) in [5.41, 5.74) is 2.80. The molecule has 5 atom stereocenters. The van der Waals surface area contributed by atoms with Crippen LogP contribution >= 0.6 is 0 Å². The first-order valence-electron chi connectivity index (χ1n) is 7.54. The molecule has 0 amide bonds. The highest BCUT2D eigenvalue weighted by Gasteiger charge is 2.60. The Kier molecular flexibility index (Phi) is 2.09. The van der Waals surface area contributed by atoms with E-state index in [2.05, 4.69) is 6.92 Å². The van der Waals surface area contributed by atoms with Crippen LogP contribution in [0.4, 0.5) is 0 Å². The van der Waals surface area contributed by atoms with Gasteiger partial charge in [-0.3, -0.25) is 0 Å². The lowest BCUT2D eigenvalue weighted by molar-refractivity contribution is -0.142. The van der Waals surface area contributed by atoms with Gasteiger partial charge in [0, 0.05) is 5.57 Å². The van der Waals surface area contributed by atoms with Crippen LogP contribution < -0.4 is 0 Å². The van der Waals surface area contributed by atoms with Gasteiger partial charge in [0.05, 0.1) is 0 Å². The maximum Gasteiger partial charge on any atom is 0.334 e. The fourth-order valence-electron chi connectivity index (χ4n) is 5.69. The highest BCUT2D eigenvalue weighted by Crippen LogP contribution is 2.65. The third kappa shape index (κ3) is 1.13. The summed E-state index contributed by atoms with van der Waals surface area (Å²) in [4.78, 5) is 11.8. The molecule has 0 aromatic carbocycles. The topological polar surface area (TPSA) is 26.3 Å². The molecule has 1 heterocycles. The molecule has 18 heavy (non-hydrogen) atoms. The van der Waals surface area contributed by atoms with Crippen molar-refractivity contribution >= 4 is 5.97 Å². The maximum absolute atomic E-state index is 11.8. The second kappa shape index (κ2) is 3.40. The number of fused-ring (bicyclic) bond motifs is 2. The molecule has 0 bridgehead atoms. The Labute approximate surface area is 109 Å². The van der Waals surface area contributed by atoms with Crippen molar-refractivity contribution in [2.45, 2.75) is 58.5 Å². The molecule has 2 nitrogen and oxygen atoms in total. The molecule has 4 aliphatic rings. The van der Waals surface area contributed by atoms with E-state index in [1.807, 2.05) is 6.92 Å². The van der Waals surface area contributed by atoms with Crippen molar-refractivity contribution in [3.63, 3.8) is 0 Å². The molecule has 0 spiro atoms. The van der Waals surface area contributed by atoms with E-state index in [0.717, 1.165) is 23.8 Å². The predicted octanol–water partition coefficient (Wildman–Crippen LogP) is 3.46. The van der Waals surface area contributed by atoms with E-state index in [4.69, 9.17) is 4.74 Å². The van der Waals surface area contributed by atoms with E-state index >= 15 is 0 Å². The number of carbonyl (C=O) groups excluding carboxylic acids is 1. The molecule has 2 heteroatoms. The Balaban J connectivity index is 1.83. The summed E-state index contributed by atoms with van der Waals surface area (Å²) in [6.07, 6.45) is 8.04. The third-order valence-corrected chi connectivity index (χ3v) is 6.63. The highest BCUT2D eigenvalue weighted by molar-refractivity contribution is 5.92. The Morgan fingerprint density at radius 1 is 1.17 bits per heavy atom. The largest absolute Gasteiger partial charge is 0.454 e. The SMILES string of the molecule is CC1=C2C(CC3CCCC4CCC2C43C)OC1=O. The first-order valence-corrected chi connectivity index (χ1v) is 7.54. The maximum atomic E-state index is 11.8. The number of hydrogen-bond acceptors (Lipinski definition) is 2. The van der Waals surface area contributed by atoms with Crippen molar-refractivity contribution < 1.29 is 9.53 Å². The van der Waals surface area contributed by atoms with Gasteiger partial charge in [0.25, 0.3) is 0 Å². The molecule has 0 aromatic heterocycles. The van der Waals surface area contributed by atoms with Gasteiger partial charge in [-0.15, -0.1) is 0 Å². The molecular formula is C16H22O2. The van der Waals surface area contributed by atoms with Crippen LogP contribution in [0.2, 0.25) is 0 Å². The van der Waals surface area contributed by atoms with Crippen LogP contribution in [0.3, 0.4) is 0 Å². The molecule has 3 fully saturated rings. The standard InChI is InChI=1S/C16H22O2/c1-9-14-12-7-6-10-4-3-5-11(16(10,12)2)8-13(14)18-15(9)17/h10-13H,3-8H2,1-2H3. The van der Waals surface area contributed by atoms with E-state index < -0.39 is 0 Å². The smallest absolute Gasteiger partial charge is 0.334 e. The lowest BCUT2D eigenvalue weighted by Gasteiger charge is -2.52. The molecule has 1 aliphatic heterocycles. The van der Waals surface area contributed by atoms with Crippen molar-refractivity contribution in [1.82, 2.24) is 0 Å². The summed E-state index contributed by atoms with van der Waals surface area (Å²) in [6, 6.07) is 0. The van der Waals surface area contributed by atoms with E-state index in [1.54, 1.807) is 0 Å². The van der Waals surface area contributed by atoms with Crippen molar-refractivity contribution in [2.24, 2.45) is 23.2 Å². The van der Waals surface area contributed by atoms with Gasteiger partial charge in [0.1, 0.15) is 6.10 Å². The number of ether oxygens (including phenoxy) is 1. The molecule has 0 N–H and O–H groups in total. The van der Waals surface area contributed by atoms with Crippen LogP contribution in [0.15, 0.2) is 11.1 Å². The van der Waals surface area contributed by atoms with Crippen molar-refractivity contribution in [1.29, 1.82) is 0 Å².